The third-order valence-corrected chi connectivity index (χ3v) is 0.900. The van der Waals surface area contributed by atoms with Crippen molar-refractivity contribution < 1.29 is 0 Å². The summed E-state index contributed by atoms with van der Waals surface area (Å²) in [6, 6.07) is 0. The average molecular weight is 125 g/mol. The van der Waals surface area contributed by atoms with Gasteiger partial charge in [0.1, 0.15) is 0 Å². The SMILES string of the molecule is CCC=CNC=CCC. The Balaban J connectivity index is 3.08. The van der Waals surface area contributed by atoms with E-state index in [1.165, 1.54) is 0 Å². The molecule has 9 heavy (non-hydrogen) atoms. The van der Waals surface area contributed by atoms with Gasteiger partial charge in [-0.05, 0) is 25.2 Å². The molecule has 0 spiro atoms. The van der Waals surface area contributed by atoms with E-state index in [1.807, 2.05) is 12.4 Å². The van der Waals surface area contributed by atoms with Crippen molar-refractivity contribution in [3.8, 4) is 0 Å². The molecule has 0 aromatic carbocycles. The maximum Gasteiger partial charge on any atom is -0.00359 e. The standard InChI is InChI=1S/C8H15N/c1-3-5-7-9-8-6-4-2/h5-9H,3-4H2,1-2H3. The molecule has 0 radical (unpaired) electrons. The lowest BCUT2D eigenvalue weighted by atomic mass is 10.4. The van der Waals surface area contributed by atoms with E-state index in [4.69, 9.17) is 0 Å². The van der Waals surface area contributed by atoms with Crippen LogP contribution >= 0.6 is 0 Å². The molecule has 0 aliphatic carbocycles. The van der Waals surface area contributed by atoms with Gasteiger partial charge in [-0.3, -0.25) is 0 Å². The molecule has 0 aliphatic rings. The highest BCUT2D eigenvalue weighted by Gasteiger charge is 1.64. The Morgan fingerprint density at radius 2 is 1.44 bits per heavy atom. The van der Waals surface area contributed by atoms with Gasteiger partial charge in [-0.25, -0.2) is 0 Å². The van der Waals surface area contributed by atoms with Gasteiger partial charge < -0.3 is 5.32 Å². The fourth-order valence-electron chi connectivity index (χ4n) is 0.427. The Morgan fingerprint density at radius 1 is 1.00 bits per heavy atom. The van der Waals surface area contributed by atoms with Crippen molar-refractivity contribution in [2.45, 2.75) is 26.7 Å². The van der Waals surface area contributed by atoms with Crippen LogP contribution in [-0.2, 0) is 0 Å². The largest absolute Gasteiger partial charge is 0.368 e. The van der Waals surface area contributed by atoms with Gasteiger partial charge in [-0.15, -0.1) is 0 Å². The van der Waals surface area contributed by atoms with Crippen LogP contribution in [0.2, 0.25) is 0 Å². The minimum atomic E-state index is 1.09. The first-order valence-electron chi connectivity index (χ1n) is 3.47. The molecule has 1 N–H and O–H groups in total. The molecule has 0 rings (SSSR count). The van der Waals surface area contributed by atoms with Crippen LogP contribution in [0.5, 0.6) is 0 Å². The van der Waals surface area contributed by atoms with E-state index in [9.17, 15) is 0 Å². The molecule has 1 heteroatoms. The van der Waals surface area contributed by atoms with Crippen LogP contribution in [0.1, 0.15) is 26.7 Å². The zero-order valence-corrected chi connectivity index (χ0v) is 6.22. The number of allylic oxidation sites excluding steroid dienone is 2. The first-order valence-corrected chi connectivity index (χ1v) is 3.47. The molecule has 0 bridgehead atoms. The van der Waals surface area contributed by atoms with E-state index < -0.39 is 0 Å². The van der Waals surface area contributed by atoms with E-state index in [0.29, 0.717) is 0 Å². The summed E-state index contributed by atoms with van der Waals surface area (Å²) in [6.45, 7) is 4.23. The van der Waals surface area contributed by atoms with Crippen LogP contribution in [-0.4, -0.2) is 0 Å². The van der Waals surface area contributed by atoms with Crippen molar-refractivity contribution in [3.63, 3.8) is 0 Å². The number of hydrogen-bond donors (Lipinski definition) is 1. The molecule has 0 atom stereocenters. The van der Waals surface area contributed by atoms with Gasteiger partial charge in [0, 0.05) is 0 Å². The van der Waals surface area contributed by atoms with Gasteiger partial charge >= 0.3 is 0 Å². The quantitative estimate of drug-likeness (QED) is 0.608. The second-order valence-corrected chi connectivity index (χ2v) is 1.79. The highest BCUT2D eigenvalue weighted by Crippen LogP contribution is 1.77. The van der Waals surface area contributed by atoms with Gasteiger partial charge in [0.15, 0.2) is 0 Å². The lowest BCUT2D eigenvalue weighted by Crippen LogP contribution is -1.89. The molecule has 52 valence electrons. The van der Waals surface area contributed by atoms with E-state index in [1.54, 1.807) is 0 Å². The molecule has 0 heterocycles. The average Bonchev–Trinajstić information content (AvgIpc) is 1.89. The Labute approximate surface area is 57.5 Å². The van der Waals surface area contributed by atoms with Crippen molar-refractivity contribution >= 4 is 0 Å². The van der Waals surface area contributed by atoms with E-state index in [0.717, 1.165) is 12.8 Å². The van der Waals surface area contributed by atoms with Crippen LogP contribution in [0.15, 0.2) is 24.6 Å². The Hall–Kier alpha value is -0.720. The highest BCUT2D eigenvalue weighted by molar-refractivity contribution is 4.86. The zero-order chi connectivity index (χ0) is 6.95. The molecule has 1 nitrogen and oxygen atoms in total. The van der Waals surface area contributed by atoms with E-state index >= 15 is 0 Å². The fourth-order valence-corrected chi connectivity index (χ4v) is 0.427. The van der Waals surface area contributed by atoms with Crippen molar-refractivity contribution in [2.75, 3.05) is 0 Å². The second kappa shape index (κ2) is 7.28. The first-order chi connectivity index (χ1) is 4.41. The number of nitrogens with one attached hydrogen (secondary N) is 1. The second-order valence-electron chi connectivity index (χ2n) is 1.79. The van der Waals surface area contributed by atoms with Crippen LogP contribution in [0.25, 0.3) is 0 Å². The van der Waals surface area contributed by atoms with E-state index in [2.05, 4.69) is 31.3 Å². The Kier molecular flexibility index (Phi) is 6.70. The van der Waals surface area contributed by atoms with Crippen LogP contribution in [0.4, 0.5) is 0 Å². The fraction of sp³-hybridized carbons (Fsp3) is 0.500. The summed E-state index contributed by atoms with van der Waals surface area (Å²) in [5.74, 6) is 0. The number of hydrogen-bond acceptors (Lipinski definition) is 1. The van der Waals surface area contributed by atoms with Crippen molar-refractivity contribution in [3.05, 3.63) is 24.6 Å². The molecule has 0 aromatic rings. The predicted molar refractivity (Wildman–Crippen MR) is 42.0 cm³/mol. The summed E-state index contributed by atoms with van der Waals surface area (Å²) in [4.78, 5) is 0. The summed E-state index contributed by atoms with van der Waals surface area (Å²) in [7, 11) is 0. The van der Waals surface area contributed by atoms with Crippen molar-refractivity contribution in [2.24, 2.45) is 0 Å². The van der Waals surface area contributed by atoms with Gasteiger partial charge in [0.2, 0.25) is 0 Å². The summed E-state index contributed by atoms with van der Waals surface area (Å²) >= 11 is 0. The summed E-state index contributed by atoms with van der Waals surface area (Å²) in [5, 5.41) is 3.03. The minimum absolute atomic E-state index is 1.09. The van der Waals surface area contributed by atoms with Gasteiger partial charge in [0.25, 0.3) is 0 Å². The highest BCUT2D eigenvalue weighted by atomic mass is 14.8. The van der Waals surface area contributed by atoms with Crippen molar-refractivity contribution in [1.82, 2.24) is 5.32 Å². The molecule has 0 amide bonds. The monoisotopic (exact) mass is 125 g/mol. The summed E-state index contributed by atoms with van der Waals surface area (Å²) in [5.41, 5.74) is 0. The summed E-state index contributed by atoms with van der Waals surface area (Å²) in [6.07, 6.45) is 10.2. The van der Waals surface area contributed by atoms with Gasteiger partial charge in [0.05, 0.1) is 0 Å². The zero-order valence-electron chi connectivity index (χ0n) is 6.22. The summed E-state index contributed by atoms with van der Waals surface area (Å²) < 4.78 is 0. The third kappa shape index (κ3) is 7.28. The Bertz CT molecular complexity index is 80.7. The van der Waals surface area contributed by atoms with Gasteiger partial charge in [-0.2, -0.15) is 0 Å². The molecular weight excluding hydrogens is 110 g/mol. The lowest BCUT2D eigenvalue weighted by molar-refractivity contribution is 1.11. The molecule has 0 aliphatic heterocycles. The smallest absolute Gasteiger partial charge is 0.00359 e. The van der Waals surface area contributed by atoms with Crippen LogP contribution < -0.4 is 5.32 Å². The molecule has 0 aromatic heterocycles. The van der Waals surface area contributed by atoms with Crippen molar-refractivity contribution in [1.29, 1.82) is 0 Å². The number of rotatable bonds is 4. The molecule has 0 saturated carbocycles. The molecule has 0 fully saturated rings. The minimum Gasteiger partial charge on any atom is -0.368 e. The molecule has 0 unspecified atom stereocenters. The molecular formula is C8H15N. The van der Waals surface area contributed by atoms with Crippen LogP contribution in [0.3, 0.4) is 0 Å². The predicted octanol–water partition coefficient (Wildman–Crippen LogP) is 2.42. The Morgan fingerprint density at radius 3 is 1.78 bits per heavy atom. The third-order valence-electron chi connectivity index (χ3n) is 0.900. The maximum absolute atomic E-state index is 3.03. The first kappa shape index (κ1) is 8.28. The van der Waals surface area contributed by atoms with Crippen LogP contribution in [0, 0.1) is 0 Å². The molecule has 0 saturated heterocycles. The lowest BCUT2D eigenvalue weighted by Gasteiger charge is -1.85. The van der Waals surface area contributed by atoms with Gasteiger partial charge in [-0.1, -0.05) is 26.0 Å². The maximum atomic E-state index is 3.03. The normalized spacial score (nSPS) is 11.3. The van der Waals surface area contributed by atoms with E-state index in [-0.39, 0.29) is 0 Å². The topological polar surface area (TPSA) is 12.0 Å².